The molecule has 6 nitrogen and oxygen atoms in total. The van der Waals surface area contributed by atoms with Crippen LogP contribution in [0, 0.1) is 0 Å². The number of hydrogen-bond acceptors (Lipinski definition) is 6. The molecular weight excluding hydrogens is 350 g/mol. The molecule has 0 heterocycles. The first-order chi connectivity index (χ1) is 11.1. The van der Waals surface area contributed by atoms with E-state index in [9.17, 15) is 19.2 Å². The van der Waals surface area contributed by atoms with Crippen LogP contribution in [0.5, 0.6) is 0 Å². The van der Waals surface area contributed by atoms with Gasteiger partial charge in [-0.05, 0) is 32.9 Å². The third-order valence-corrected chi connectivity index (χ3v) is 4.31. The number of thioether (sulfide) groups is 1. The van der Waals surface area contributed by atoms with Crippen molar-refractivity contribution in [2.24, 2.45) is 0 Å². The third-order valence-electron chi connectivity index (χ3n) is 3.08. The van der Waals surface area contributed by atoms with Gasteiger partial charge in [0.05, 0.1) is 12.1 Å². The Morgan fingerprint density at radius 1 is 1.00 bits per heavy atom. The molecule has 0 bridgehead atoms. The van der Waals surface area contributed by atoms with Gasteiger partial charge in [0.1, 0.15) is 4.32 Å². The number of nitrogens with one attached hydrogen (secondary N) is 1. The van der Waals surface area contributed by atoms with Crippen molar-refractivity contribution in [2.45, 2.75) is 27.2 Å². The summed E-state index contributed by atoms with van der Waals surface area (Å²) < 4.78 is 0.281. The maximum atomic E-state index is 11.8. The third kappa shape index (κ3) is 5.54. The predicted octanol–water partition coefficient (Wildman–Crippen LogP) is 3.20. The molecule has 0 amide bonds. The van der Waals surface area contributed by atoms with Crippen molar-refractivity contribution in [3.8, 4) is 0 Å². The van der Waals surface area contributed by atoms with Crippen LogP contribution in [0.3, 0.4) is 0 Å². The lowest BCUT2D eigenvalue weighted by atomic mass is 9.95. The molecule has 2 N–H and O–H groups in total. The molecule has 24 heavy (non-hydrogen) atoms. The molecule has 0 saturated carbocycles. The highest BCUT2D eigenvalue weighted by Crippen LogP contribution is 2.25. The molecule has 0 aliphatic heterocycles. The summed E-state index contributed by atoms with van der Waals surface area (Å²) in [6.07, 6.45) is -0.0476. The Balaban J connectivity index is 3.16. The molecule has 1 aromatic carbocycles. The normalized spacial score (nSPS) is 10.1. The maximum Gasteiger partial charge on any atom is 0.304 e. The molecule has 0 atom stereocenters. The Morgan fingerprint density at radius 3 is 1.96 bits per heavy atom. The standard InChI is InChI=1S/C16H17NO5S2/c1-8(18)11-6-13(10(3)20)14(7-12(11)9(2)19)17-16(23)24-5-4-15(21)22/h6-7H,4-5H2,1-3H3,(H,17,23)(H,21,22). The molecule has 0 saturated heterocycles. The molecule has 0 unspecified atom stereocenters. The van der Waals surface area contributed by atoms with Gasteiger partial charge < -0.3 is 10.4 Å². The number of carboxylic acid groups (broad SMARTS) is 1. The topological polar surface area (TPSA) is 101 Å². The second kappa shape index (κ2) is 8.70. The first kappa shape index (κ1) is 20.0. The molecule has 0 fully saturated rings. The fraction of sp³-hybridized carbons (Fsp3) is 0.312. The van der Waals surface area contributed by atoms with Gasteiger partial charge in [-0.1, -0.05) is 24.0 Å². The fourth-order valence-corrected chi connectivity index (χ4v) is 2.96. The second-order valence-corrected chi connectivity index (χ2v) is 6.79. The van der Waals surface area contributed by atoms with Crippen LogP contribution in [0.4, 0.5) is 5.69 Å². The van der Waals surface area contributed by atoms with Crippen molar-refractivity contribution in [1.82, 2.24) is 0 Å². The molecule has 8 heteroatoms. The van der Waals surface area contributed by atoms with Gasteiger partial charge in [0, 0.05) is 22.4 Å². The minimum atomic E-state index is -0.931. The second-order valence-electron chi connectivity index (χ2n) is 5.02. The van der Waals surface area contributed by atoms with E-state index in [4.69, 9.17) is 17.3 Å². The predicted molar refractivity (Wildman–Crippen MR) is 97.4 cm³/mol. The van der Waals surface area contributed by atoms with Crippen molar-refractivity contribution < 1.29 is 24.3 Å². The maximum absolute atomic E-state index is 11.8. The van der Waals surface area contributed by atoms with Gasteiger partial charge in [-0.25, -0.2) is 0 Å². The number of carboxylic acids is 1. The number of anilines is 1. The van der Waals surface area contributed by atoms with E-state index in [1.807, 2.05) is 0 Å². The highest BCUT2D eigenvalue weighted by Gasteiger charge is 2.18. The summed E-state index contributed by atoms with van der Waals surface area (Å²) in [7, 11) is 0. The number of carbonyl (C=O) groups is 4. The van der Waals surface area contributed by atoms with Gasteiger partial charge in [0.25, 0.3) is 0 Å². The lowest BCUT2D eigenvalue weighted by Gasteiger charge is -2.14. The Kier molecular flexibility index (Phi) is 7.24. The van der Waals surface area contributed by atoms with E-state index in [2.05, 4.69) is 5.32 Å². The number of rotatable bonds is 7. The van der Waals surface area contributed by atoms with Gasteiger partial charge >= 0.3 is 5.97 Å². The van der Waals surface area contributed by atoms with E-state index < -0.39 is 5.97 Å². The molecule has 0 aliphatic rings. The van der Waals surface area contributed by atoms with Crippen LogP contribution >= 0.6 is 24.0 Å². The van der Waals surface area contributed by atoms with Crippen LogP contribution in [0.25, 0.3) is 0 Å². The average Bonchev–Trinajstić information content (AvgIpc) is 2.45. The highest BCUT2D eigenvalue weighted by molar-refractivity contribution is 8.23. The van der Waals surface area contributed by atoms with Crippen molar-refractivity contribution in [2.75, 3.05) is 11.1 Å². The number of hydrogen-bond donors (Lipinski definition) is 2. The first-order valence-corrected chi connectivity index (χ1v) is 8.39. The zero-order chi connectivity index (χ0) is 18.4. The lowest BCUT2D eigenvalue weighted by molar-refractivity contribution is -0.136. The number of benzene rings is 1. The average molecular weight is 367 g/mol. The zero-order valence-corrected chi connectivity index (χ0v) is 15.1. The molecule has 0 spiro atoms. The summed E-state index contributed by atoms with van der Waals surface area (Å²) in [5, 5.41) is 11.5. The number of carbonyl (C=O) groups excluding carboxylic acids is 3. The summed E-state index contributed by atoms with van der Waals surface area (Å²) in [4.78, 5) is 45.8. The van der Waals surface area contributed by atoms with Crippen molar-refractivity contribution >= 4 is 57.3 Å². The molecule has 0 aromatic heterocycles. The molecule has 0 radical (unpaired) electrons. The number of ketones is 3. The number of Topliss-reactive ketones (excluding diaryl/α,β-unsaturated/α-hetero) is 3. The van der Waals surface area contributed by atoms with E-state index in [0.29, 0.717) is 5.69 Å². The van der Waals surface area contributed by atoms with Crippen LogP contribution in [0.2, 0.25) is 0 Å². The van der Waals surface area contributed by atoms with Crippen LogP contribution in [-0.4, -0.2) is 38.5 Å². The molecule has 0 aliphatic carbocycles. The van der Waals surface area contributed by atoms with E-state index >= 15 is 0 Å². The molecule has 1 aromatic rings. The summed E-state index contributed by atoms with van der Waals surface area (Å²) in [5.41, 5.74) is 0.952. The van der Waals surface area contributed by atoms with Crippen molar-refractivity contribution in [1.29, 1.82) is 0 Å². The summed E-state index contributed by atoms with van der Waals surface area (Å²) in [5.74, 6) is -1.55. The monoisotopic (exact) mass is 367 g/mol. The van der Waals surface area contributed by atoms with E-state index in [0.717, 1.165) is 11.8 Å². The highest BCUT2D eigenvalue weighted by atomic mass is 32.2. The van der Waals surface area contributed by atoms with Crippen LogP contribution in [-0.2, 0) is 4.79 Å². The fourth-order valence-electron chi connectivity index (χ4n) is 1.95. The van der Waals surface area contributed by atoms with Gasteiger partial charge in [-0.3, -0.25) is 19.2 Å². The summed E-state index contributed by atoms with van der Waals surface area (Å²) in [6, 6.07) is 2.81. The zero-order valence-electron chi connectivity index (χ0n) is 13.5. The van der Waals surface area contributed by atoms with E-state index in [1.165, 1.54) is 32.9 Å². The van der Waals surface area contributed by atoms with Crippen molar-refractivity contribution in [3.63, 3.8) is 0 Å². The smallest absolute Gasteiger partial charge is 0.304 e. The SMILES string of the molecule is CC(=O)c1cc(C(C)=O)c(C(C)=O)cc1NC(=S)SCCC(=O)O. The van der Waals surface area contributed by atoms with Gasteiger partial charge in [-0.2, -0.15) is 0 Å². The van der Waals surface area contributed by atoms with E-state index in [-0.39, 0.29) is 50.5 Å². The van der Waals surface area contributed by atoms with E-state index in [1.54, 1.807) is 0 Å². The Hall–Kier alpha value is -2.06. The molecular formula is C16H17NO5S2. The minimum absolute atomic E-state index is 0.0476. The molecule has 128 valence electrons. The largest absolute Gasteiger partial charge is 0.481 e. The van der Waals surface area contributed by atoms with Gasteiger partial charge in [0.2, 0.25) is 0 Å². The Bertz CT molecular complexity index is 727. The van der Waals surface area contributed by atoms with Crippen LogP contribution in [0.15, 0.2) is 12.1 Å². The Morgan fingerprint density at radius 2 is 1.50 bits per heavy atom. The van der Waals surface area contributed by atoms with Crippen LogP contribution in [0.1, 0.15) is 58.3 Å². The Labute approximate surface area is 149 Å². The number of thiocarbonyl (C=S) groups is 1. The van der Waals surface area contributed by atoms with Gasteiger partial charge in [-0.15, -0.1) is 0 Å². The first-order valence-electron chi connectivity index (χ1n) is 7.00. The number of aliphatic carboxylic acids is 1. The van der Waals surface area contributed by atoms with Gasteiger partial charge in [0.15, 0.2) is 17.3 Å². The molecule has 1 rings (SSSR count). The minimum Gasteiger partial charge on any atom is -0.481 e. The van der Waals surface area contributed by atoms with Crippen LogP contribution < -0.4 is 5.32 Å². The summed E-state index contributed by atoms with van der Waals surface area (Å²) in [6.45, 7) is 4.00. The quantitative estimate of drug-likeness (QED) is 0.560. The van der Waals surface area contributed by atoms with Crippen molar-refractivity contribution in [3.05, 3.63) is 28.8 Å². The summed E-state index contributed by atoms with van der Waals surface area (Å²) >= 11 is 6.24. The lowest BCUT2D eigenvalue weighted by Crippen LogP contribution is -2.14.